The smallest absolute Gasteiger partial charge is 0.235 e. The van der Waals surface area contributed by atoms with Crippen LogP contribution in [0.25, 0.3) is 0 Å². The number of hydrogen-bond acceptors (Lipinski definition) is 3. The summed E-state index contributed by atoms with van der Waals surface area (Å²) >= 11 is 5.74. The topological polar surface area (TPSA) is 46.6 Å². The number of rotatable bonds is 5. The molecule has 1 unspecified atom stereocenters. The van der Waals surface area contributed by atoms with Gasteiger partial charge in [0.2, 0.25) is 10.0 Å². The molecule has 20 heavy (non-hydrogen) atoms. The van der Waals surface area contributed by atoms with Gasteiger partial charge in [-0.3, -0.25) is 4.31 Å². The average Bonchev–Trinajstić information content (AvgIpc) is 2.45. The van der Waals surface area contributed by atoms with Gasteiger partial charge in [0.25, 0.3) is 0 Å². The molecule has 1 heterocycles. The van der Waals surface area contributed by atoms with Gasteiger partial charge in [0.15, 0.2) is 0 Å². The summed E-state index contributed by atoms with van der Waals surface area (Å²) in [5, 5.41) is 0. The first-order chi connectivity index (χ1) is 9.47. The molecule has 0 saturated heterocycles. The van der Waals surface area contributed by atoms with Crippen LogP contribution in [0.5, 0.6) is 5.75 Å². The van der Waals surface area contributed by atoms with E-state index in [9.17, 15) is 8.42 Å². The Morgan fingerprint density at radius 3 is 2.85 bits per heavy atom. The normalized spacial score (nSPS) is 16.6. The lowest BCUT2D eigenvalue weighted by molar-refractivity contribution is 0.414. The molecule has 0 amide bonds. The number of methoxy groups -OCH3 is 1. The van der Waals surface area contributed by atoms with Gasteiger partial charge in [-0.25, -0.2) is 8.42 Å². The van der Waals surface area contributed by atoms with E-state index in [1.54, 1.807) is 13.2 Å². The number of sulfonamides is 1. The second-order valence-electron chi connectivity index (χ2n) is 5.21. The molecule has 0 aliphatic carbocycles. The first kappa shape index (κ1) is 15.4. The number of hydrogen-bond donors (Lipinski definition) is 0. The first-order valence-corrected chi connectivity index (χ1v) is 8.85. The van der Waals surface area contributed by atoms with E-state index in [4.69, 9.17) is 16.3 Å². The van der Waals surface area contributed by atoms with E-state index < -0.39 is 10.0 Å². The summed E-state index contributed by atoms with van der Waals surface area (Å²) in [5.41, 5.74) is 1.80. The highest BCUT2D eigenvalue weighted by atomic mass is 35.5. The van der Waals surface area contributed by atoms with Crippen LogP contribution in [-0.4, -0.2) is 33.7 Å². The van der Waals surface area contributed by atoms with Crippen LogP contribution < -0.4 is 9.04 Å². The molecule has 1 aliphatic rings. The van der Waals surface area contributed by atoms with Crippen molar-refractivity contribution in [1.82, 2.24) is 0 Å². The Morgan fingerprint density at radius 1 is 1.45 bits per heavy atom. The molecule has 1 atom stereocenters. The predicted molar refractivity (Wildman–Crippen MR) is 82.3 cm³/mol. The number of aryl methyl sites for hydroxylation is 1. The van der Waals surface area contributed by atoms with Crippen molar-refractivity contribution in [3.63, 3.8) is 0 Å². The van der Waals surface area contributed by atoms with Gasteiger partial charge in [-0.1, -0.05) is 6.92 Å². The van der Waals surface area contributed by atoms with Crippen molar-refractivity contribution in [2.24, 2.45) is 5.92 Å². The Morgan fingerprint density at radius 2 is 2.20 bits per heavy atom. The second-order valence-corrected chi connectivity index (χ2v) is 7.45. The van der Waals surface area contributed by atoms with E-state index in [0.29, 0.717) is 12.4 Å². The summed E-state index contributed by atoms with van der Waals surface area (Å²) < 4.78 is 31.7. The second kappa shape index (κ2) is 6.22. The Hall–Kier alpha value is -0.940. The van der Waals surface area contributed by atoms with Crippen molar-refractivity contribution in [3.05, 3.63) is 23.8 Å². The summed E-state index contributed by atoms with van der Waals surface area (Å²) in [5.74, 6) is 1.15. The fourth-order valence-electron chi connectivity index (χ4n) is 2.45. The van der Waals surface area contributed by atoms with Crippen LogP contribution in [0.15, 0.2) is 18.2 Å². The highest BCUT2D eigenvalue weighted by Crippen LogP contribution is 2.32. The van der Waals surface area contributed by atoms with E-state index in [0.717, 1.165) is 29.8 Å². The molecule has 0 aromatic heterocycles. The standard InChI is InChI=1S/C14H20ClNO3S/c1-11(9-15)10-20(17,18)16-7-3-4-12-8-13(19-2)5-6-14(12)16/h5-6,8,11H,3-4,7,9-10H2,1-2H3. The van der Waals surface area contributed by atoms with Gasteiger partial charge in [0, 0.05) is 12.4 Å². The molecule has 112 valence electrons. The van der Waals surface area contributed by atoms with E-state index in [1.807, 2.05) is 19.1 Å². The Labute approximate surface area is 125 Å². The van der Waals surface area contributed by atoms with Crippen molar-refractivity contribution < 1.29 is 13.2 Å². The van der Waals surface area contributed by atoms with Crippen molar-refractivity contribution in [2.75, 3.05) is 29.6 Å². The van der Waals surface area contributed by atoms with Gasteiger partial charge in [-0.15, -0.1) is 11.6 Å². The van der Waals surface area contributed by atoms with Crippen LogP contribution in [0.4, 0.5) is 5.69 Å². The van der Waals surface area contributed by atoms with Crippen molar-refractivity contribution in [2.45, 2.75) is 19.8 Å². The molecular formula is C14H20ClNO3S. The highest BCUT2D eigenvalue weighted by Gasteiger charge is 2.28. The monoisotopic (exact) mass is 317 g/mol. The van der Waals surface area contributed by atoms with Gasteiger partial charge < -0.3 is 4.74 Å². The molecule has 4 nitrogen and oxygen atoms in total. The molecule has 0 spiro atoms. The number of anilines is 1. The highest BCUT2D eigenvalue weighted by molar-refractivity contribution is 7.92. The van der Waals surface area contributed by atoms with Crippen LogP contribution in [-0.2, 0) is 16.4 Å². The summed E-state index contributed by atoms with van der Waals surface area (Å²) in [4.78, 5) is 0. The van der Waals surface area contributed by atoms with Gasteiger partial charge >= 0.3 is 0 Å². The summed E-state index contributed by atoms with van der Waals surface area (Å²) in [6.07, 6.45) is 1.71. The number of nitrogens with zero attached hydrogens (tertiary/aromatic N) is 1. The van der Waals surface area contributed by atoms with Crippen LogP contribution in [0.2, 0.25) is 0 Å². The van der Waals surface area contributed by atoms with Gasteiger partial charge in [-0.05, 0) is 42.5 Å². The zero-order chi connectivity index (χ0) is 14.8. The minimum absolute atomic E-state index is 0.0507. The van der Waals surface area contributed by atoms with Crippen molar-refractivity contribution in [3.8, 4) is 5.75 Å². The van der Waals surface area contributed by atoms with Gasteiger partial charge in [0.1, 0.15) is 5.75 Å². The fraction of sp³-hybridized carbons (Fsp3) is 0.571. The number of alkyl halides is 1. The lowest BCUT2D eigenvalue weighted by Crippen LogP contribution is -2.38. The van der Waals surface area contributed by atoms with Gasteiger partial charge in [0.05, 0.1) is 18.6 Å². The van der Waals surface area contributed by atoms with Crippen LogP contribution in [0.1, 0.15) is 18.9 Å². The maximum Gasteiger partial charge on any atom is 0.235 e. The summed E-state index contributed by atoms with van der Waals surface area (Å²) in [7, 11) is -1.71. The lowest BCUT2D eigenvalue weighted by Gasteiger charge is -2.31. The van der Waals surface area contributed by atoms with Crippen LogP contribution in [0, 0.1) is 5.92 Å². The maximum atomic E-state index is 12.5. The molecule has 6 heteroatoms. The molecule has 1 aromatic carbocycles. The molecule has 1 aromatic rings. The number of halogens is 1. The summed E-state index contributed by atoms with van der Waals surface area (Å²) in [6.45, 7) is 2.39. The molecule has 0 fully saturated rings. The number of benzene rings is 1. The third-order valence-corrected chi connectivity index (χ3v) is 6.02. The minimum Gasteiger partial charge on any atom is -0.497 e. The average molecular weight is 318 g/mol. The van der Waals surface area contributed by atoms with Gasteiger partial charge in [-0.2, -0.15) is 0 Å². The number of fused-ring (bicyclic) bond motifs is 1. The molecule has 1 aliphatic heterocycles. The quantitative estimate of drug-likeness (QED) is 0.784. The van der Waals surface area contributed by atoms with E-state index >= 15 is 0 Å². The zero-order valence-electron chi connectivity index (χ0n) is 11.8. The Kier molecular flexibility index (Phi) is 4.81. The lowest BCUT2D eigenvalue weighted by atomic mass is 10.0. The molecule has 0 bridgehead atoms. The third-order valence-electron chi connectivity index (χ3n) is 3.46. The Balaban J connectivity index is 2.32. The zero-order valence-corrected chi connectivity index (χ0v) is 13.4. The van der Waals surface area contributed by atoms with E-state index in [2.05, 4.69) is 0 Å². The molecular weight excluding hydrogens is 298 g/mol. The predicted octanol–water partition coefficient (Wildman–Crippen LogP) is 2.65. The SMILES string of the molecule is COc1ccc2c(c1)CCCN2S(=O)(=O)CC(C)CCl. The number of ether oxygens (including phenoxy) is 1. The third kappa shape index (κ3) is 3.20. The molecule has 0 radical (unpaired) electrons. The minimum atomic E-state index is -3.32. The summed E-state index contributed by atoms with van der Waals surface area (Å²) in [6, 6.07) is 5.55. The van der Waals surface area contributed by atoms with Crippen molar-refractivity contribution >= 4 is 27.3 Å². The first-order valence-electron chi connectivity index (χ1n) is 6.71. The van der Waals surface area contributed by atoms with Crippen LogP contribution >= 0.6 is 11.6 Å². The fourth-order valence-corrected chi connectivity index (χ4v) is 4.59. The van der Waals surface area contributed by atoms with E-state index in [1.165, 1.54) is 4.31 Å². The largest absolute Gasteiger partial charge is 0.497 e. The Bertz CT molecular complexity index is 574. The van der Waals surface area contributed by atoms with Crippen LogP contribution in [0.3, 0.4) is 0 Å². The molecule has 0 saturated carbocycles. The maximum absolute atomic E-state index is 12.5. The molecule has 0 N–H and O–H groups in total. The van der Waals surface area contributed by atoms with E-state index in [-0.39, 0.29) is 11.7 Å². The van der Waals surface area contributed by atoms with Crippen molar-refractivity contribution in [1.29, 1.82) is 0 Å². The molecule has 2 rings (SSSR count).